The fourth-order valence-corrected chi connectivity index (χ4v) is 5.07. The summed E-state index contributed by atoms with van der Waals surface area (Å²) < 4.78 is 3.99. The van der Waals surface area contributed by atoms with Crippen LogP contribution in [0.15, 0.2) is 30.7 Å². The molecular weight excluding hydrogens is 362 g/mol. The number of fused-ring (bicyclic) bond motifs is 3. The summed E-state index contributed by atoms with van der Waals surface area (Å²) in [7, 11) is 0. The van der Waals surface area contributed by atoms with Crippen LogP contribution in [0.2, 0.25) is 5.02 Å². The summed E-state index contributed by atoms with van der Waals surface area (Å²) in [5.41, 5.74) is 2.53. The van der Waals surface area contributed by atoms with Crippen LogP contribution in [-0.2, 0) is 0 Å². The summed E-state index contributed by atoms with van der Waals surface area (Å²) in [5.74, 6) is 0.648. The molecule has 7 rings (SSSR count). The molecule has 1 N–H and O–H groups in total. The highest BCUT2D eigenvalue weighted by atomic mass is 35.5. The maximum absolute atomic E-state index is 10.5. The van der Waals surface area contributed by atoms with E-state index in [1.54, 1.807) is 0 Å². The molecule has 2 atom stereocenters. The van der Waals surface area contributed by atoms with Gasteiger partial charge in [0.25, 0.3) is 0 Å². The average Bonchev–Trinajstić information content (AvgIpc) is 3.26. The van der Waals surface area contributed by atoms with Crippen LogP contribution in [0.4, 0.5) is 5.69 Å². The van der Waals surface area contributed by atoms with E-state index < -0.39 is 5.60 Å². The number of aromatic nitrogens is 4. The molecule has 1 aromatic carbocycles. The quantitative estimate of drug-likeness (QED) is 0.752. The van der Waals surface area contributed by atoms with Crippen LogP contribution in [-0.4, -0.2) is 43.4 Å². The SMILES string of the molecule is CC1(O)C2CC1CN(c1cc3c(cnn3-c3cnn(C4CC4)c3)cc1Cl)C2. The van der Waals surface area contributed by atoms with Crippen LogP contribution in [0.25, 0.3) is 16.6 Å². The van der Waals surface area contributed by atoms with E-state index in [9.17, 15) is 5.11 Å². The Bertz CT molecular complexity index is 1040. The van der Waals surface area contributed by atoms with Crippen molar-refractivity contribution in [2.45, 2.75) is 37.8 Å². The number of halogens is 1. The zero-order valence-corrected chi connectivity index (χ0v) is 16.0. The highest BCUT2D eigenvalue weighted by molar-refractivity contribution is 6.34. The highest BCUT2D eigenvalue weighted by Gasteiger charge is 2.54. The lowest BCUT2D eigenvalue weighted by Gasteiger charge is -2.58. The molecule has 2 saturated heterocycles. The summed E-state index contributed by atoms with van der Waals surface area (Å²) >= 11 is 6.62. The maximum atomic E-state index is 10.5. The first-order valence-corrected chi connectivity index (χ1v) is 10.1. The number of nitrogens with zero attached hydrogens (tertiary/aromatic N) is 5. The molecule has 2 unspecified atom stereocenters. The van der Waals surface area contributed by atoms with E-state index >= 15 is 0 Å². The Labute approximate surface area is 162 Å². The Morgan fingerprint density at radius 2 is 1.93 bits per heavy atom. The predicted molar refractivity (Wildman–Crippen MR) is 105 cm³/mol. The fourth-order valence-electron chi connectivity index (χ4n) is 4.77. The third kappa shape index (κ3) is 2.29. The van der Waals surface area contributed by atoms with Crippen molar-refractivity contribution >= 4 is 28.2 Å². The van der Waals surface area contributed by atoms with Crippen molar-refractivity contribution in [2.24, 2.45) is 11.8 Å². The number of benzene rings is 1. The third-order valence-corrected chi connectivity index (χ3v) is 7.14. The Kier molecular flexibility index (Phi) is 3.11. The highest BCUT2D eigenvalue weighted by Crippen LogP contribution is 2.50. The molecule has 4 aliphatic rings. The molecule has 0 amide bonds. The molecule has 0 spiro atoms. The standard InChI is InChI=1S/C20H22ClN5O/c1-20(27)13-5-14(20)10-24(9-13)19-6-18-12(4-17(19)21)7-23-26(18)16-8-22-25(11-16)15-2-3-15/h4,6-8,11,13-15,27H,2-3,5,9-10H2,1H3. The van der Waals surface area contributed by atoms with Gasteiger partial charge in [-0.05, 0) is 38.3 Å². The molecule has 2 saturated carbocycles. The largest absolute Gasteiger partial charge is 0.389 e. The molecule has 27 heavy (non-hydrogen) atoms. The lowest BCUT2D eigenvalue weighted by molar-refractivity contribution is -0.145. The molecule has 4 heterocycles. The zero-order chi connectivity index (χ0) is 18.3. The molecule has 2 aliphatic carbocycles. The molecule has 2 aromatic heterocycles. The molecular formula is C20H22ClN5O. The van der Waals surface area contributed by atoms with Crippen LogP contribution >= 0.6 is 11.6 Å². The topological polar surface area (TPSA) is 59.1 Å². The first-order chi connectivity index (χ1) is 13.0. The molecule has 2 aliphatic heterocycles. The van der Waals surface area contributed by atoms with Crippen molar-refractivity contribution < 1.29 is 5.11 Å². The minimum Gasteiger partial charge on any atom is -0.389 e. The molecule has 7 heteroatoms. The van der Waals surface area contributed by atoms with Gasteiger partial charge in [-0.3, -0.25) is 4.68 Å². The van der Waals surface area contributed by atoms with Crippen molar-refractivity contribution in [3.05, 3.63) is 35.7 Å². The van der Waals surface area contributed by atoms with E-state index in [4.69, 9.17) is 11.6 Å². The van der Waals surface area contributed by atoms with Gasteiger partial charge in [0.15, 0.2) is 0 Å². The van der Waals surface area contributed by atoms with Gasteiger partial charge in [0, 0.05) is 30.3 Å². The van der Waals surface area contributed by atoms with Crippen LogP contribution in [0.1, 0.15) is 32.2 Å². The van der Waals surface area contributed by atoms with Crippen LogP contribution in [0.5, 0.6) is 0 Å². The van der Waals surface area contributed by atoms with Crippen molar-refractivity contribution in [1.82, 2.24) is 19.6 Å². The van der Waals surface area contributed by atoms with Crippen molar-refractivity contribution in [1.29, 1.82) is 0 Å². The first-order valence-electron chi connectivity index (χ1n) is 9.70. The van der Waals surface area contributed by atoms with Crippen molar-refractivity contribution in [3.8, 4) is 5.69 Å². The Morgan fingerprint density at radius 1 is 1.15 bits per heavy atom. The minimum atomic E-state index is -0.522. The second-order valence-electron chi connectivity index (χ2n) is 8.59. The Balaban J connectivity index is 1.39. The molecule has 2 bridgehead atoms. The molecule has 4 fully saturated rings. The Hall–Kier alpha value is -2.05. The lowest BCUT2D eigenvalue weighted by Crippen LogP contribution is -2.65. The van der Waals surface area contributed by atoms with Gasteiger partial charge in [-0.25, -0.2) is 4.68 Å². The van der Waals surface area contributed by atoms with Crippen LogP contribution < -0.4 is 4.90 Å². The smallest absolute Gasteiger partial charge is 0.103 e. The van der Waals surface area contributed by atoms with Gasteiger partial charge in [0.05, 0.1) is 46.5 Å². The summed E-state index contributed by atoms with van der Waals surface area (Å²) in [6.45, 7) is 3.67. The van der Waals surface area contributed by atoms with E-state index in [0.717, 1.165) is 46.8 Å². The van der Waals surface area contributed by atoms with E-state index in [2.05, 4.69) is 27.4 Å². The number of aliphatic hydroxyl groups is 1. The second kappa shape index (κ2) is 5.26. The molecule has 0 radical (unpaired) electrons. The monoisotopic (exact) mass is 383 g/mol. The van der Waals surface area contributed by atoms with Gasteiger partial charge >= 0.3 is 0 Å². The minimum absolute atomic E-state index is 0.324. The van der Waals surface area contributed by atoms with Crippen LogP contribution in [0, 0.1) is 11.8 Å². The van der Waals surface area contributed by atoms with Gasteiger partial charge in [-0.15, -0.1) is 0 Å². The van der Waals surface area contributed by atoms with E-state index in [0.29, 0.717) is 17.9 Å². The van der Waals surface area contributed by atoms with Crippen molar-refractivity contribution in [2.75, 3.05) is 18.0 Å². The number of rotatable bonds is 3. The molecule has 3 aromatic rings. The maximum Gasteiger partial charge on any atom is 0.103 e. The van der Waals surface area contributed by atoms with Gasteiger partial charge in [0.1, 0.15) is 5.69 Å². The zero-order valence-electron chi connectivity index (χ0n) is 15.2. The number of hydrogen-bond donors (Lipinski definition) is 1. The average molecular weight is 384 g/mol. The summed E-state index contributed by atoms with van der Waals surface area (Å²) in [4.78, 5) is 2.32. The third-order valence-electron chi connectivity index (χ3n) is 6.83. The Morgan fingerprint density at radius 3 is 2.63 bits per heavy atom. The summed E-state index contributed by atoms with van der Waals surface area (Å²) in [5, 5.41) is 21.4. The fraction of sp³-hybridized carbons (Fsp3) is 0.500. The molecule has 6 nitrogen and oxygen atoms in total. The normalized spacial score (nSPS) is 30.0. The first kappa shape index (κ1) is 16.0. The van der Waals surface area contributed by atoms with Gasteiger partial charge in [-0.2, -0.15) is 10.2 Å². The van der Waals surface area contributed by atoms with E-state index in [1.807, 2.05) is 34.7 Å². The number of hydrogen-bond acceptors (Lipinski definition) is 4. The summed E-state index contributed by atoms with van der Waals surface area (Å²) in [6.07, 6.45) is 9.35. The van der Waals surface area contributed by atoms with Crippen LogP contribution in [0.3, 0.4) is 0 Å². The van der Waals surface area contributed by atoms with Gasteiger partial charge in [0.2, 0.25) is 0 Å². The lowest BCUT2D eigenvalue weighted by atomic mass is 9.59. The predicted octanol–water partition coefficient (Wildman–Crippen LogP) is 3.42. The number of piperidine rings is 2. The van der Waals surface area contributed by atoms with E-state index in [1.165, 1.54) is 12.8 Å². The molecule has 140 valence electrons. The second-order valence-corrected chi connectivity index (χ2v) is 9.00. The number of anilines is 1. The van der Waals surface area contributed by atoms with Crippen molar-refractivity contribution in [3.63, 3.8) is 0 Å². The van der Waals surface area contributed by atoms with Gasteiger partial charge < -0.3 is 10.0 Å². The van der Waals surface area contributed by atoms with E-state index in [-0.39, 0.29) is 0 Å². The van der Waals surface area contributed by atoms with Gasteiger partial charge in [-0.1, -0.05) is 11.6 Å². The summed E-state index contributed by atoms with van der Waals surface area (Å²) in [6, 6.07) is 4.69.